The number of nitrogens with one attached hydrogen (secondary N) is 1. The molecule has 2 bridgehead atoms. The lowest BCUT2D eigenvalue weighted by Crippen LogP contribution is -2.39. The number of carbonyl (C=O) groups is 1. The molecule has 29 heavy (non-hydrogen) atoms. The summed E-state index contributed by atoms with van der Waals surface area (Å²) in [7, 11) is 0. The summed E-state index contributed by atoms with van der Waals surface area (Å²) in [5, 5.41) is 4.99. The number of nitrogens with zero attached hydrogens (tertiary/aromatic N) is 1. The van der Waals surface area contributed by atoms with Gasteiger partial charge in [-0.2, -0.15) is 0 Å². The lowest BCUT2D eigenvalue weighted by atomic mass is 9.59. The number of fused-ring (bicyclic) bond motifs is 1. The number of amides is 1. The Labute approximate surface area is 174 Å². The van der Waals surface area contributed by atoms with Crippen LogP contribution in [0, 0.1) is 12.8 Å². The van der Waals surface area contributed by atoms with Crippen LogP contribution in [0.25, 0.3) is 0 Å². The number of aromatic nitrogens is 1. The molecule has 1 unspecified atom stereocenters. The molecule has 1 aromatic heterocycles. The van der Waals surface area contributed by atoms with Crippen molar-refractivity contribution < 1.29 is 4.79 Å². The fourth-order valence-corrected chi connectivity index (χ4v) is 5.94. The fraction of sp³-hybridized carbons (Fsp3) is 0.333. The molecule has 0 aliphatic heterocycles. The maximum Gasteiger partial charge on any atom is 0.307 e. The molecule has 0 fully saturated rings. The lowest BCUT2D eigenvalue weighted by Gasteiger charge is -2.45. The van der Waals surface area contributed by atoms with Gasteiger partial charge in [0.25, 0.3) is 0 Å². The van der Waals surface area contributed by atoms with Crippen LogP contribution >= 0.6 is 11.3 Å². The predicted molar refractivity (Wildman–Crippen MR) is 116 cm³/mol. The number of thiazole rings is 1. The van der Waals surface area contributed by atoms with Crippen molar-refractivity contribution in [1.82, 2.24) is 9.88 Å². The Morgan fingerprint density at radius 2 is 1.69 bits per heavy atom. The van der Waals surface area contributed by atoms with Gasteiger partial charge in [0, 0.05) is 42.4 Å². The summed E-state index contributed by atoms with van der Waals surface area (Å²) in [6.07, 6.45) is 1.41. The molecule has 4 nitrogen and oxygen atoms in total. The van der Waals surface area contributed by atoms with E-state index in [0.29, 0.717) is 37.3 Å². The third kappa shape index (κ3) is 3.14. The van der Waals surface area contributed by atoms with Gasteiger partial charge in [0.1, 0.15) is 0 Å². The highest BCUT2D eigenvalue weighted by molar-refractivity contribution is 7.07. The second kappa shape index (κ2) is 7.30. The topological polar surface area (TPSA) is 51.1 Å². The molecular weight excluding hydrogens is 380 g/mol. The molecule has 0 saturated carbocycles. The molecule has 1 heterocycles. The van der Waals surface area contributed by atoms with Crippen LogP contribution in [0.5, 0.6) is 0 Å². The van der Waals surface area contributed by atoms with Crippen molar-refractivity contribution in [2.45, 2.75) is 38.1 Å². The van der Waals surface area contributed by atoms with Crippen molar-refractivity contribution in [1.29, 1.82) is 0 Å². The monoisotopic (exact) mass is 404 g/mol. The van der Waals surface area contributed by atoms with Crippen molar-refractivity contribution in [2.75, 3.05) is 6.54 Å². The van der Waals surface area contributed by atoms with E-state index in [2.05, 4.69) is 53.8 Å². The smallest absolute Gasteiger partial charge is 0.307 e. The Hall–Kier alpha value is -2.66. The van der Waals surface area contributed by atoms with E-state index in [9.17, 15) is 9.59 Å². The molecule has 3 aliphatic carbocycles. The van der Waals surface area contributed by atoms with E-state index >= 15 is 0 Å². The van der Waals surface area contributed by atoms with E-state index in [1.165, 1.54) is 33.6 Å². The maximum absolute atomic E-state index is 12.5. The second-order valence-corrected chi connectivity index (χ2v) is 8.95. The first kappa shape index (κ1) is 18.4. The van der Waals surface area contributed by atoms with Gasteiger partial charge in [-0.1, -0.05) is 59.9 Å². The average molecular weight is 405 g/mol. The summed E-state index contributed by atoms with van der Waals surface area (Å²) < 4.78 is 1.68. The molecule has 3 aliphatic rings. The number of rotatable bonds is 5. The summed E-state index contributed by atoms with van der Waals surface area (Å²) in [6, 6.07) is 17.5. The Morgan fingerprint density at radius 3 is 2.28 bits per heavy atom. The molecule has 0 radical (unpaired) electrons. The van der Waals surface area contributed by atoms with Gasteiger partial charge in [-0.25, -0.2) is 0 Å². The number of benzene rings is 2. The maximum atomic E-state index is 12.5. The largest absolute Gasteiger partial charge is 0.356 e. The molecule has 1 atom stereocenters. The van der Waals surface area contributed by atoms with Gasteiger partial charge in [0.2, 0.25) is 5.91 Å². The summed E-state index contributed by atoms with van der Waals surface area (Å²) in [4.78, 5) is 24.3. The number of carbonyl (C=O) groups excluding carboxylic acids is 1. The predicted octanol–water partition coefficient (Wildman–Crippen LogP) is 4.02. The molecule has 0 saturated heterocycles. The Bertz CT molecular complexity index is 1080. The van der Waals surface area contributed by atoms with Crippen LogP contribution in [-0.2, 0) is 11.3 Å². The van der Waals surface area contributed by atoms with Gasteiger partial charge < -0.3 is 9.88 Å². The van der Waals surface area contributed by atoms with Crippen molar-refractivity contribution >= 4 is 17.2 Å². The summed E-state index contributed by atoms with van der Waals surface area (Å²) in [5.41, 5.74) is 6.66. The molecule has 3 aromatic rings. The van der Waals surface area contributed by atoms with Gasteiger partial charge in [-0.15, -0.1) is 0 Å². The third-order valence-corrected chi connectivity index (χ3v) is 7.40. The Balaban J connectivity index is 1.30. The van der Waals surface area contributed by atoms with Crippen molar-refractivity contribution in [3.05, 3.63) is 91.5 Å². The SMILES string of the molecule is Cc1csc(=O)n1CCC(=O)NCC1CC2c3ccccc3C1c1ccccc12. The highest BCUT2D eigenvalue weighted by Gasteiger charge is 2.42. The Kier molecular flexibility index (Phi) is 4.63. The zero-order valence-corrected chi connectivity index (χ0v) is 17.2. The first-order chi connectivity index (χ1) is 14.1. The van der Waals surface area contributed by atoms with Crippen molar-refractivity contribution in [2.24, 2.45) is 5.92 Å². The van der Waals surface area contributed by atoms with Gasteiger partial charge in [-0.05, 0) is 41.5 Å². The van der Waals surface area contributed by atoms with E-state index in [1.807, 2.05) is 12.3 Å². The molecule has 5 heteroatoms. The van der Waals surface area contributed by atoms with E-state index in [1.54, 1.807) is 4.57 Å². The molecular formula is C24H24N2O2S. The minimum atomic E-state index is 0.00750. The van der Waals surface area contributed by atoms with E-state index in [0.717, 1.165) is 12.1 Å². The van der Waals surface area contributed by atoms with Gasteiger partial charge in [0.15, 0.2) is 0 Å². The summed E-state index contributed by atoms with van der Waals surface area (Å²) in [5.74, 6) is 1.18. The number of hydrogen-bond donors (Lipinski definition) is 1. The first-order valence-electron chi connectivity index (χ1n) is 10.2. The first-order valence-corrected chi connectivity index (χ1v) is 11.1. The second-order valence-electron chi connectivity index (χ2n) is 8.13. The molecule has 0 spiro atoms. The standard InChI is InChI=1S/C24H24N2O2S/c1-15-14-29-24(28)26(15)11-10-22(27)25-13-16-12-21-17-6-2-4-8-19(17)23(16)20-9-5-3-7-18(20)21/h2-9,14,16,21,23H,10-13H2,1H3,(H,25,27). The fourth-order valence-electron chi connectivity index (χ4n) is 5.18. The molecule has 6 rings (SSSR count). The van der Waals surface area contributed by atoms with Crippen LogP contribution in [0.3, 0.4) is 0 Å². The summed E-state index contributed by atoms with van der Waals surface area (Å²) in [6.45, 7) is 3.03. The van der Waals surface area contributed by atoms with Gasteiger partial charge in [0.05, 0.1) is 0 Å². The molecule has 1 amide bonds. The molecule has 1 N–H and O–H groups in total. The Morgan fingerprint density at radius 1 is 1.07 bits per heavy atom. The van der Waals surface area contributed by atoms with Crippen molar-refractivity contribution in [3.8, 4) is 0 Å². The van der Waals surface area contributed by atoms with Crippen LogP contribution in [0.1, 0.15) is 52.6 Å². The van der Waals surface area contributed by atoms with Gasteiger partial charge >= 0.3 is 4.87 Å². The highest BCUT2D eigenvalue weighted by Crippen LogP contribution is 2.55. The number of aryl methyl sites for hydroxylation is 1. The minimum absolute atomic E-state index is 0.00750. The normalized spacial score (nSPS) is 21.5. The quantitative estimate of drug-likeness (QED) is 0.698. The van der Waals surface area contributed by atoms with Crippen LogP contribution in [0.4, 0.5) is 0 Å². The molecule has 148 valence electrons. The van der Waals surface area contributed by atoms with Crippen LogP contribution in [0.2, 0.25) is 0 Å². The highest BCUT2D eigenvalue weighted by atomic mass is 32.1. The average Bonchev–Trinajstić information content (AvgIpc) is 3.08. The number of hydrogen-bond acceptors (Lipinski definition) is 3. The zero-order chi connectivity index (χ0) is 20.0. The van der Waals surface area contributed by atoms with E-state index in [-0.39, 0.29) is 10.8 Å². The van der Waals surface area contributed by atoms with Crippen LogP contribution in [0.15, 0.2) is 58.7 Å². The van der Waals surface area contributed by atoms with E-state index < -0.39 is 0 Å². The third-order valence-electron chi connectivity index (χ3n) is 6.52. The molecule has 2 aromatic carbocycles. The van der Waals surface area contributed by atoms with Gasteiger partial charge in [-0.3, -0.25) is 9.59 Å². The minimum Gasteiger partial charge on any atom is -0.356 e. The van der Waals surface area contributed by atoms with E-state index in [4.69, 9.17) is 0 Å². The van der Waals surface area contributed by atoms with Crippen LogP contribution < -0.4 is 10.2 Å². The zero-order valence-electron chi connectivity index (χ0n) is 16.4. The van der Waals surface area contributed by atoms with Crippen molar-refractivity contribution in [3.63, 3.8) is 0 Å². The van der Waals surface area contributed by atoms with Crippen LogP contribution in [-0.4, -0.2) is 17.0 Å². The lowest BCUT2D eigenvalue weighted by molar-refractivity contribution is -0.121. The summed E-state index contributed by atoms with van der Waals surface area (Å²) >= 11 is 1.19.